The molecule has 116 valence electrons. The Morgan fingerprint density at radius 3 is 2.57 bits per heavy atom. The topological polar surface area (TPSA) is 58.4 Å². The van der Waals surface area contributed by atoms with Crippen LogP contribution in [0.3, 0.4) is 0 Å². The van der Waals surface area contributed by atoms with Crippen molar-refractivity contribution in [1.82, 2.24) is 5.32 Å². The quantitative estimate of drug-likeness (QED) is 0.733. The molecule has 0 bridgehead atoms. The van der Waals surface area contributed by atoms with E-state index in [4.69, 9.17) is 5.73 Å². The van der Waals surface area contributed by atoms with Gasteiger partial charge in [0.2, 0.25) is 5.91 Å². The first kappa shape index (κ1) is 15.8. The van der Waals surface area contributed by atoms with Crippen molar-refractivity contribution in [1.29, 1.82) is 0 Å². The summed E-state index contributed by atoms with van der Waals surface area (Å²) in [6.45, 7) is 5.66. The van der Waals surface area contributed by atoms with E-state index in [1.807, 2.05) is 25.1 Å². The molecule has 0 saturated heterocycles. The monoisotopic (exact) mass is 289 g/mol. The Labute approximate surface area is 127 Å². The zero-order chi connectivity index (χ0) is 15.3. The average molecular weight is 289 g/mol. The summed E-state index contributed by atoms with van der Waals surface area (Å²) in [5.41, 5.74) is 6.15. The van der Waals surface area contributed by atoms with Crippen molar-refractivity contribution in [2.75, 3.05) is 18.0 Å². The van der Waals surface area contributed by atoms with Crippen LogP contribution in [-0.2, 0) is 4.79 Å². The molecule has 2 rings (SSSR count). The van der Waals surface area contributed by atoms with Gasteiger partial charge in [0.15, 0.2) is 0 Å². The minimum atomic E-state index is -0.676. The Morgan fingerprint density at radius 1 is 1.38 bits per heavy atom. The normalized spacial score (nSPS) is 17.2. The van der Waals surface area contributed by atoms with Crippen molar-refractivity contribution in [2.24, 2.45) is 5.73 Å². The molecule has 4 heteroatoms. The molecule has 1 amide bonds. The molecule has 1 saturated carbocycles. The summed E-state index contributed by atoms with van der Waals surface area (Å²) in [4.78, 5) is 14.2. The van der Waals surface area contributed by atoms with Gasteiger partial charge in [-0.05, 0) is 38.3 Å². The summed E-state index contributed by atoms with van der Waals surface area (Å²) in [5.74, 6) is -0.271. The highest BCUT2D eigenvalue weighted by Crippen LogP contribution is 2.24. The van der Waals surface area contributed by atoms with Gasteiger partial charge in [-0.15, -0.1) is 0 Å². The highest BCUT2D eigenvalue weighted by molar-refractivity contribution is 5.85. The standard InChI is InChI=1S/C17H27N3O/c1-3-4-12-20(15-8-6-5-7-9-15)13-17(2,16(18)21)19-14-10-11-14/h5-9,14,19H,3-4,10-13H2,1-2H3,(H2,18,21). The van der Waals surface area contributed by atoms with Crippen LogP contribution in [0.5, 0.6) is 0 Å². The van der Waals surface area contributed by atoms with E-state index >= 15 is 0 Å². The first-order valence-corrected chi connectivity index (χ1v) is 7.93. The fourth-order valence-electron chi connectivity index (χ4n) is 2.54. The SMILES string of the molecule is CCCCN(CC(C)(NC1CC1)C(N)=O)c1ccccc1. The van der Waals surface area contributed by atoms with Crippen LogP contribution < -0.4 is 16.0 Å². The Hall–Kier alpha value is -1.55. The van der Waals surface area contributed by atoms with Crippen LogP contribution in [0.25, 0.3) is 0 Å². The van der Waals surface area contributed by atoms with Gasteiger partial charge in [0.1, 0.15) is 5.54 Å². The van der Waals surface area contributed by atoms with Gasteiger partial charge in [0.05, 0.1) is 0 Å². The van der Waals surface area contributed by atoms with E-state index in [0.29, 0.717) is 12.6 Å². The van der Waals surface area contributed by atoms with Gasteiger partial charge in [-0.25, -0.2) is 0 Å². The fourth-order valence-corrected chi connectivity index (χ4v) is 2.54. The zero-order valence-electron chi connectivity index (χ0n) is 13.1. The lowest BCUT2D eigenvalue weighted by Crippen LogP contribution is -2.60. The summed E-state index contributed by atoms with van der Waals surface area (Å²) in [5, 5.41) is 3.43. The predicted octanol–water partition coefficient (Wildman–Crippen LogP) is 2.29. The number of amides is 1. The maximum absolute atomic E-state index is 12.0. The molecule has 1 atom stereocenters. The van der Waals surface area contributed by atoms with Gasteiger partial charge in [0, 0.05) is 24.8 Å². The summed E-state index contributed by atoms with van der Waals surface area (Å²) in [6.07, 6.45) is 4.52. The van der Waals surface area contributed by atoms with Crippen molar-refractivity contribution in [2.45, 2.75) is 51.1 Å². The number of benzene rings is 1. The molecule has 1 unspecified atom stereocenters. The van der Waals surface area contributed by atoms with Gasteiger partial charge < -0.3 is 10.6 Å². The maximum Gasteiger partial charge on any atom is 0.239 e. The largest absolute Gasteiger partial charge is 0.369 e. The van der Waals surface area contributed by atoms with Crippen molar-refractivity contribution in [3.05, 3.63) is 30.3 Å². The number of rotatable bonds is 9. The van der Waals surface area contributed by atoms with Crippen molar-refractivity contribution in [3.8, 4) is 0 Å². The maximum atomic E-state index is 12.0. The Bertz CT molecular complexity index is 458. The third-order valence-corrected chi connectivity index (χ3v) is 4.05. The highest BCUT2D eigenvalue weighted by atomic mass is 16.1. The number of unbranched alkanes of at least 4 members (excludes halogenated alkanes) is 1. The summed E-state index contributed by atoms with van der Waals surface area (Å²) in [7, 11) is 0. The van der Waals surface area contributed by atoms with E-state index in [1.54, 1.807) is 0 Å². The highest BCUT2D eigenvalue weighted by Gasteiger charge is 2.38. The molecular weight excluding hydrogens is 262 g/mol. The van der Waals surface area contributed by atoms with Gasteiger partial charge >= 0.3 is 0 Å². The van der Waals surface area contributed by atoms with Crippen LogP contribution in [0, 0.1) is 0 Å². The van der Waals surface area contributed by atoms with Crippen molar-refractivity contribution >= 4 is 11.6 Å². The van der Waals surface area contributed by atoms with Crippen molar-refractivity contribution < 1.29 is 4.79 Å². The minimum Gasteiger partial charge on any atom is -0.369 e. The number of para-hydroxylation sites is 1. The third kappa shape index (κ3) is 4.46. The second kappa shape index (κ2) is 6.94. The molecule has 0 heterocycles. The molecule has 1 aromatic carbocycles. The van der Waals surface area contributed by atoms with E-state index in [2.05, 4.69) is 29.3 Å². The van der Waals surface area contributed by atoms with Gasteiger partial charge in [-0.1, -0.05) is 31.5 Å². The van der Waals surface area contributed by atoms with Crippen LogP contribution in [0.4, 0.5) is 5.69 Å². The average Bonchev–Trinajstić information content (AvgIpc) is 3.28. The Morgan fingerprint density at radius 2 is 2.05 bits per heavy atom. The molecule has 3 N–H and O–H groups in total. The Balaban J connectivity index is 2.13. The van der Waals surface area contributed by atoms with Crippen LogP contribution in [0.2, 0.25) is 0 Å². The van der Waals surface area contributed by atoms with E-state index in [1.165, 1.54) is 0 Å². The number of nitrogens with zero attached hydrogens (tertiary/aromatic N) is 1. The number of carbonyl (C=O) groups is 1. The van der Waals surface area contributed by atoms with E-state index in [-0.39, 0.29) is 5.91 Å². The lowest BCUT2D eigenvalue weighted by molar-refractivity contribution is -0.123. The molecule has 4 nitrogen and oxygen atoms in total. The van der Waals surface area contributed by atoms with E-state index < -0.39 is 5.54 Å². The molecule has 21 heavy (non-hydrogen) atoms. The lowest BCUT2D eigenvalue weighted by Gasteiger charge is -2.35. The smallest absolute Gasteiger partial charge is 0.239 e. The number of anilines is 1. The molecule has 0 spiro atoms. The molecule has 1 aliphatic carbocycles. The lowest BCUT2D eigenvalue weighted by atomic mass is 9.99. The van der Waals surface area contributed by atoms with Gasteiger partial charge in [0.25, 0.3) is 0 Å². The third-order valence-electron chi connectivity index (χ3n) is 4.05. The number of primary amides is 1. The molecule has 0 aliphatic heterocycles. The molecule has 0 radical (unpaired) electrons. The van der Waals surface area contributed by atoms with Crippen LogP contribution in [-0.4, -0.2) is 30.6 Å². The molecule has 0 aromatic heterocycles. The van der Waals surface area contributed by atoms with Crippen molar-refractivity contribution in [3.63, 3.8) is 0 Å². The minimum absolute atomic E-state index is 0.271. The number of nitrogens with two attached hydrogens (primary N) is 1. The molecule has 1 aliphatic rings. The first-order valence-electron chi connectivity index (χ1n) is 7.93. The predicted molar refractivity (Wildman–Crippen MR) is 87.3 cm³/mol. The molecule has 1 aromatic rings. The second-order valence-electron chi connectivity index (χ2n) is 6.23. The molecule has 1 fully saturated rings. The second-order valence-corrected chi connectivity index (χ2v) is 6.23. The summed E-state index contributed by atoms with van der Waals surface area (Å²) in [6, 6.07) is 10.7. The van der Waals surface area contributed by atoms with Crippen LogP contribution in [0.15, 0.2) is 30.3 Å². The summed E-state index contributed by atoms with van der Waals surface area (Å²) < 4.78 is 0. The van der Waals surface area contributed by atoms with E-state index in [9.17, 15) is 4.79 Å². The van der Waals surface area contributed by atoms with Crippen LogP contribution in [0.1, 0.15) is 39.5 Å². The summed E-state index contributed by atoms with van der Waals surface area (Å²) >= 11 is 0. The van der Waals surface area contributed by atoms with Gasteiger partial charge in [-0.3, -0.25) is 10.1 Å². The Kier molecular flexibility index (Phi) is 5.23. The first-order chi connectivity index (χ1) is 10.0. The van der Waals surface area contributed by atoms with E-state index in [0.717, 1.165) is 37.9 Å². The number of hydrogen-bond acceptors (Lipinski definition) is 3. The number of hydrogen-bond donors (Lipinski definition) is 2. The fraction of sp³-hybridized carbons (Fsp3) is 0.588. The zero-order valence-corrected chi connectivity index (χ0v) is 13.1. The van der Waals surface area contributed by atoms with Crippen LogP contribution >= 0.6 is 0 Å². The number of nitrogens with one attached hydrogen (secondary N) is 1. The molecular formula is C17H27N3O. The van der Waals surface area contributed by atoms with Gasteiger partial charge in [-0.2, -0.15) is 0 Å². The number of carbonyl (C=O) groups excluding carboxylic acids is 1.